The van der Waals surface area contributed by atoms with Gasteiger partial charge >= 0.3 is 0 Å². The molecule has 0 unspecified atom stereocenters. The Bertz CT molecular complexity index is 341. The molecule has 98 valence electrons. The number of hydrogen-bond acceptors (Lipinski definition) is 3. The molecule has 0 aliphatic rings. The van der Waals surface area contributed by atoms with Crippen LogP contribution in [0.4, 0.5) is 0 Å². The maximum atomic E-state index is 5.76. The summed E-state index contributed by atoms with van der Waals surface area (Å²) in [5, 5.41) is 0. The van der Waals surface area contributed by atoms with Crippen LogP contribution >= 0.6 is 0 Å². The topological polar surface area (TPSA) is 47.1 Å². The maximum Gasteiger partial charge on any atom is 0.0951 e. The van der Waals surface area contributed by atoms with Crippen LogP contribution in [0, 0.1) is 5.41 Å². The molecule has 0 aromatic carbocycles. The first-order valence-electron chi connectivity index (χ1n) is 6.25. The maximum absolute atomic E-state index is 5.76. The molecule has 0 saturated carbocycles. The van der Waals surface area contributed by atoms with Crippen LogP contribution in [0.15, 0.2) is 12.5 Å². The number of rotatable bonds is 6. The van der Waals surface area contributed by atoms with Crippen molar-refractivity contribution in [3.8, 4) is 0 Å². The lowest BCUT2D eigenvalue weighted by Gasteiger charge is -2.29. The molecule has 0 aliphatic carbocycles. The van der Waals surface area contributed by atoms with E-state index in [0.717, 1.165) is 13.1 Å². The first-order chi connectivity index (χ1) is 7.85. The Hall–Kier alpha value is -0.870. The van der Waals surface area contributed by atoms with Crippen LogP contribution in [-0.4, -0.2) is 34.6 Å². The summed E-state index contributed by atoms with van der Waals surface area (Å²) in [7, 11) is 2.13. The lowest BCUT2D eigenvalue weighted by atomic mass is 9.93. The first kappa shape index (κ1) is 14.2. The summed E-state index contributed by atoms with van der Waals surface area (Å²) in [5.74, 6) is 0. The molecule has 17 heavy (non-hydrogen) atoms. The van der Waals surface area contributed by atoms with E-state index in [2.05, 4.69) is 49.2 Å². The van der Waals surface area contributed by atoms with Gasteiger partial charge in [0.05, 0.1) is 12.0 Å². The molecule has 1 aromatic rings. The highest BCUT2D eigenvalue weighted by Gasteiger charge is 2.19. The molecule has 4 heteroatoms. The molecule has 0 radical (unpaired) electrons. The third kappa shape index (κ3) is 4.13. The molecular weight excluding hydrogens is 212 g/mol. The van der Waals surface area contributed by atoms with E-state index in [1.54, 1.807) is 0 Å². The zero-order chi connectivity index (χ0) is 13.1. The van der Waals surface area contributed by atoms with E-state index in [4.69, 9.17) is 5.73 Å². The summed E-state index contributed by atoms with van der Waals surface area (Å²) in [4.78, 5) is 6.53. The number of hydrogen-bond donors (Lipinski definition) is 1. The van der Waals surface area contributed by atoms with Gasteiger partial charge in [0.1, 0.15) is 0 Å². The third-order valence-corrected chi connectivity index (χ3v) is 2.99. The lowest BCUT2D eigenvalue weighted by Crippen LogP contribution is -2.36. The van der Waals surface area contributed by atoms with Crippen LogP contribution in [-0.2, 0) is 6.54 Å². The fourth-order valence-corrected chi connectivity index (χ4v) is 2.05. The van der Waals surface area contributed by atoms with Gasteiger partial charge in [-0.25, -0.2) is 4.98 Å². The van der Waals surface area contributed by atoms with Gasteiger partial charge in [0.15, 0.2) is 0 Å². The molecule has 0 atom stereocenters. The standard InChI is InChI=1S/C13H26N4/c1-11(2)17-10-15-6-12(17)7-16(5)9-13(3,4)8-14/h6,10-11H,7-9,14H2,1-5H3. The van der Waals surface area contributed by atoms with Crippen molar-refractivity contribution < 1.29 is 0 Å². The molecule has 0 bridgehead atoms. The number of nitrogens with two attached hydrogens (primary N) is 1. The van der Waals surface area contributed by atoms with Gasteiger partial charge in [-0.05, 0) is 32.9 Å². The van der Waals surface area contributed by atoms with Crippen LogP contribution < -0.4 is 5.73 Å². The minimum absolute atomic E-state index is 0.164. The second kappa shape index (κ2) is 5.65. The molecule has 1 heterocycles. The summed E-state index contributed by atoms with van der Waals surface area (Å²) in [5.41, 5.74) is 7.19. The lowest BCUT2D eigenvalue weighted by molar-refractivity contribution is 0.205. The quantitative estimate of drug-likeness (QED) is 0.823. The molecule has 0 spiro atoms. The molecule has 0 amide bonds. The Labute approximate surface area is 105 Å². The molecule has 0 aliphatic heterocycles. The van der Waals surface area contributed by atoms with Crippen molar-refractivity contribution >= 4 is 0 Å². The first-order valence-corrected chi connectivity index (χ1v) is 6.25. The van der Waals surface area contributed by atoms with Gasteiger partial charge in [-0.2, -0.15) is 0 Å². The normalized spacial score (nSPS) is 12.7. The van der Waals surface area contributed by atoms with E-state index in [-0.39, 0.29) is 5.41 Å². The second-order valence-corrected chi connectivity index (χ2v) is 5.93. The van der Waals surface area contributed by atoms with Gasteiger partial charge in [0, 0.05) is 25.3 Å². The highest BCUT2D eigenvalue weighted by atomic mass is 15.2. The van der Waals surface area contributed by atoms with E-state index in [1.165, 1.54) is 5.69 Å². The summed E-state index contributed by atoms with van der Waals surface area (Å²) in [6, 6.07) is 0.461. The van der Waals surface area contributed by atoms with Gasteiger partial charge in [-0.1, -0.05) is 13.8 Å². The van der Waals surface area contributed by atoms with E-state index in [0.29, 0.717) is 12.6 Å². The van der Waals surface area contributed by atoms with Crippen LogP contribution in [0.5, 0.6) is 0 Å². The number of imidazole rings is 1. The Kier molecular flexibility index (Phi) is 4.71. The van der Waals surface area contributed by atoms with Crippen molar-refractivity contribution in [1.82, 2.24) is 14.5 Å². The van der Waals surface area contributed by atoms with Crippen LogP contribution in [0.25, 0.3) is 0 Å². The molecule has 1 rings (SSSR count). The smallest absolute Gasteiger partial charge is 0.0951 e. The van der Waals surface area contributed by atoms with E-state index in [9.17, 15) is 0 Å². The predicted octanol–water partition coefficient (Wildman–Crippen LogP) is 1.88. The van der Waals surface area contributed by atoms with Crippen LogP contribution in [0.2, 0.25) is 0 Å². The van der Waals surface area contributed by atoms with Crippen molar-refractivity contribution in [1.29, 1.82) is 0 Å². The van der Waals surface area contributed by atoms with Crippen LogP contribution in [0.3, 0.4) is 0 Å². The molecule has 0 fully saturated rings. The van der Waals surface area contributed by atoms with Gasteiger partial charge in [0.25, 0.3) is 0 Å². The SMILES string of the molecule is CC(C)n1cncc1CN(C)CC(C)(C)CN. The Morgan fingerprint density at radius 3 is 2.65 bits per heavy atom. The third-order valence-electron chi connectivity index (χ3n) is 2.99. The average Bonchev–Trinajstić information content (AvgIpc) is 2.65. The van der Waals surface area contributed by atoms with E-state index >= 15 is 0 Å². The minimum atomic E-state index is 0.164. The summed E-state index contributed by atoms with van der Waals surface area (Å²) >= 11 is 0. The van der Waals surface area contributed by atoms with Gasteiger partial charge < -0.3 is 10.3 Å². The molecule has 0 saturated heterocycles. The number of aromatic nitrogens is 2. The van der Waals surface area contributed by atoms with Crippen molar-refractivity contribution in [3.63, 3.8) is 0 Å². The summed E-state index contributed by atoms with van der Waals surface area (Å²) in [6.07, 6.45) is 3.86. The highest BCUT2D eigenvalue weighted by molar-refractivity contribution is 4.99. The van der Waals surface area contributed by atoms with Gasteiger partial charge in [0.2, 0.25) is 0 Å². The average molecular weight is 238 g/mol. The van der Waals surface area contributed by atoms with Crippen molar-refractivity contribution in [3.05, 3.63) is 18.2 Å². The van der Waals surface area contributed by atoms with E-state index < -0.39 is 0 Å². The highest BCUT2D eigenvalue weighted by Crippen LogP contribution is 2.16. The fourth-order valence-electron chi connectivity index (χ4n) is 2.05. The van der Waals surface area contributed by atoms with Crippen LogP contribution in [0.1, 0.15) is 39.4 Å². The zero-order valence-electron chi connectivity index (χ0n) is 11.8. The van der Waals surface area contributed by atoms with E-state index in [1.807, 2.05) is 12.5 Å². The predicted molar refractivity (Wildman–Crippen MR) is 71.8 cm³/mol. The van der Waals surface area contributed by atoms with Gasteiger partial charge in [-0.3, -0.25) is 4.90 Å². The fraction of sp³-hybridized carbons (Fsp3) is 0.769. The zero-order valence-corrected chi connectivity index (χ0v) is 11.8. The molecule has 2 N–H and O–H groups in total. The van der Waals surface area contributed by atoms with Crippen molar-refractivity contribution in [2.24, 2.45) is 11.1 Å². The Morgan fingerprint density at radius 2 is 2.12 bits per heavy atom. The minimum Gasteiger partial charge on any atom is -0.331 e. The Balaban J connectivity index is 2.62. The van der Waals surface area contributed by atoms with Crippen molar-refractivity contribution in [2.75, 3.05) is 20.1 Å². The Morgan fingerprint density at radius 1 is 1.47 bits per heavy atom. The number of nitrogens with zero attached hydrogens (tertiary/aromatic N) is 3. The summed E-state index contributed by atoms with van der Waals surface area (Å²) < 4.78 is 2.21. The van der Waals surface area contributed by atoms with Crippen molar-refractivity contribution in [2.45, 2.75) is 40.3 Å². The van der Waals surface area contributed by atoms with Gasteiger partial charge in [-0.15, -0.1) is 0 Å². The molecule has 1 aromatic heterocycles. The molecule has 4 nitrogen and oxygen atoms in total. The monoisotopic (exact) mass is 238 g/mol. The molecular formula is C13H26N4. The largest absolute Gasteiger partial charge is 0.331 e. The summed E-state index contributed by atoms with van der Waals surface area (Å²) in [6.45, 7) is 11.4. The second-order valence-electron chi connectivity index (χ2n) is 5.93.